The molecule has 3 aromatic rings. The first-order valence-electron chi connectivity index (χ1n) is 10.9. The number of nitro groups is 1. The van der Waals surface area contributed by atoms with Gasteiger partial charge in [0.05, 0.1) is 46.4 Å². The molecule has 4 atom stereocenters. The van der Waals surface area contributed by atoms with Crippen LogP contribution in [0.3, 0.4) is 0 Å². The molecule has 0 unspecified atom stereocenters. The number of amides is 1. The summed E-state index contributed by atoms with van der Waals surface area (Å²) in [5.74, 6) is -2.02. The first-order valence-corrected chi connectivity index (χ1v) is 11.8. The number of aliphatic hydroxyl groups excluding tert-OH is 2. The predicted octanol–water partition coefficient (Wildman–Crippen LogP) is 2.11. The number of carbonyl (C=O) groups is 2. The van der Waals surface area contributed by atoms with Gasteiger partial charge in [0.2, 0.25) is 5.91 Å². The number of non-ortho nitro benzene ring substituents is 1. The van der Waals surface area contributed by atoms with Crippen molar-refractivity contribution in [1.82, 2.24) is 14.3 Å². The van der Waals surface area contributed by atoms with E-state index in [1.54, 1.807) is 23.8 Å². The molecule has 12 heteroatoms. The molecule has 0 saturated carbocycles. The van der Waals surface area contributed by atoms with E-state index in [1.807, 2.05) is 6.92 Å². The number of hydrogen-bond donors (Lipinski definition) is 2. The maximum Gasteiger partial charge on any atom is 0.355 e. The molecule has 0 aliphatic carbocycles. The second-order valence-electron chi connectivity index (χ2n) is 8.65. The lowest BCUT2D eigenvalue weighted by Crippen LogP contribution is -2.63. The van der Waals surface area contributed by atoms with Gasteiger partial charge in [-0.3, -0.25) is 19.3 Å². The van der Waals surface area contributed by atoms with Crippen LogP contribution in [0, 0.1) is 22.0 Å². The second kappa shape index (κ2) is 8.56. The van der Waals surface area contributed by atoms with E-state index < -0.39 is 29.0 Å². The van der Waals surface area contributed by atoms with E-state index in [0.717, 1.165) is 4.83 Å². The van der Waals surface area contributed by atoms with Crippen molar-refractivity contribution in [2.75, 3.05) is 0 Å². The van der Waals surface area contributed by atoms with Crippen LogP contribution in [0.5, 0.6) is 0 Å². The fourth-order valence-electron chi connectivity index (χ4n) is 4.98. The summed E-state index contributed by atoms with van der Waals surface area (Å²) in [6, 6.07) is 5.23. The highest BCUT2D eigenvalue weighted by Crippen LogP contribution is 2.52. The van der Waals surface area contributed by atoms with Crippen LogP contribution in [-0.2, 0) is 27.5 Å². The van der Waals surface area contributed by atoms with Crippen molar-refractivity contribution in [1.29, 1.82) is 0 Å². The molecule has 2 aliphatic heterocycles. The van der Waals surface area contributed by atoms with Gasteiger partial charge in [-0.1, -0.05) is 6.92 Å². The summed E-state index contributed by atoms with van der Waals surface area (Å²) in [4.78, 5) is 43.6. The molecular formula is C23H22N4O7S. The number of ether oxygens (including phenoxy) is 1. The minimum Gasteiger partial charge on any atom is -0.456 e. The number of thiazole rings is 1. The van der Waals surface area contributed by atoms with Crippen molar-refractivity contribution in [2.45, 2.75) is 39.2 Å². The van der Waals surface area contributed by atoms with E-state index in [9.17, 15) is 29.9 Å². The quantitative estimate of drug-likeness (QED) is 0.218. The largest absolute Gasteiger partial charge is 0.456 e. The first-order chi connectivity index (χ1) is 16.7. The fraction of sp³-hybridized carbons (Fsp3) is 0.348. The van der Waals surface area contributed by atoms with Crippen LogP contribution in [0.4, 0.5) is 5.69 Å². The number of β-lactam (4-membered cyclic amide) rings is 1. The molecule has 4 heterocycles. The van der Waals surface area contributed by atoms with Gasteiger partial charge in [-0.2, -0.15) is 0 Å². The predicted molar refractivity (Wildman–Crippen MR) is 124 cm³/mol. The lowest BCUT2D eigenvalue weighted by Gasteiger charge is -2.46. The molecule has 0 spiro atoms. The van der Waals surface area contributed by atoms with Gasteiger partial charge < -0.3 is 19.8 Å². The number of nitrogens with zero attached hydrogens (tertiary/aromatic N) is 4. The number of esters is 1. The molecule has 1 saturated heterocycles. The number of aliphatic hydroxyl groups is 2. The summed E-state index contributed by atoms with van der Waals surface area (Å²) < 4.78 is 7.28. The van der Waals surface area contributed by atoms with Crippen LogP contribution >= 0.6 is 11.3 Å². The van der Waals surface area contributed by atoms with Crippen LogP contribution in [0.25, 0.3) is 10.4 Å². The SMILES string of the molecule is C[C@@H](O)[C@H]1C(=O)N2C(C(=O)OCc3ccc([N+](=O)[O-])cc3)=C(c3sc4cncn4c3CO)[C@H](C)[C@H]12. The van der Waals surface area contributed by atoms with Crippen molar-refractivity contribution in [3.63, 3.8) is 0 Å². The van der Waals surface area contributed by atoms with Crippen molar-refractivity contribution < 1.29 is 29.5 Å². The summed E-state index contributed by atoms with van der Waals surface area (Å²) in [5, 5.41) is 31.2. The number of imidazole rings is 1. The smallest absolute Gasteiger partial charge is 0.355 e. The van der Waals surface area contributed by atoms with Crippen molar-refractivity contribution in [3.8, 4) is 0 Å². The monoisotopic (exact) mass is 498 g/mol. The maximum absolute atomic E-state index is 13.4. The summed E-state index contributed by atoms with van der Waals surface area (Å²) in [5.41, 5.74) is 1.70. The van der Waals surface area contributed by atoms with E-state index in [2.05, 4.69) is 4.98 Å². The van der Waals surface area contributed by atoms with Crippen LogP contribution in [0.2, 0.25) is 0 Å². The number of benzene rings is 1. The number of aromatic nitrogens is 2. The third-order valence-corrected chi connectivity index (χ3v) is 7.81. The molecule has 35 heavy (non-hydrogen) atoms. The standard InChI is InChI=1S/C23H22N4O7S/c1-11-17(21-15(8-28)25-10-24-7-16(25)35-21)20(26-19(11)18(12(2)29)22(26)30)23(31)34-9-13-3-5-14(6-4-13)27(32)33/h3-7,10-12,18-19,28-29H,8-9H2,1-2H3/t11-,12+,18+,19+/m0/s1. The second-order valence-corrected chi connectivity index (χ2v) is 9.68. The highest BCUT2D eigenvalue weighted by atomic mass is 32.1. The summed E-state index contributed by atoms with van der Waals surface area (Å²) in [6.07, 6.45) is 2.34. The van der Waals surface area contributed by atoms with Gasteiger partial charge >= 0.3 is 5.97 Å². The zero-order valence-corrected chi connectivity index (χ0v) is 19.6. The van der Waals surface area contributed by atoms with Crippen LogP contribution in [-0.4, -0.2) is 53.4 Å². The normalized spacial score (nSPS) is 22.3. The van der Waals surface area contributed by atoms with Gasteiger partial charge in [-0.25, -0.2) is 9.78 Å². The summed E-state index contributed by atoms with van der Waals surface area (Å²) in [6.45, 7) is 3.00. The molecule has 0 bridgehead atoms. The molecule has 2 aromatic heterocycles. The van der Waals surface area contributed by atoms with Gasteiger partial charge in [-0.15, -0.1) is 11.3 Å². The zero-order valence-electron chi connectivity index (χ0n) is 18.8. The molecule has 1 fully saturated rings. The van der Waals surface area contributed by atoms with E-state index in [0.29, 0.717) is 21.7 Å². The zero-order chi connectivity index (χ0) is 25.0. The fourth-order valence-corrected chi connectivity index (χ4v) is 6.23. The van der Waals surface area contributed by atoms with Crippen molar-refractivity contribution >= 4 is 39.3 Å². The molecular weight excluding hydrogens is 476 g/mol. The Morgan fingerprint density at radius 1 is 1.34 bits per heavy atom. The summed E-state index contributed by atoms with van der Waals surface area (Å²) >= 11 is 1.35. The van der Waals surface area contributed by atoms with Gasteiger partial charge in [0.25, 0.3) is 5.69 Å². The molecule has 182 valence electrons. The number of rotatable bonds is 7. The molecule has 2 aliphatic rings. The lowest BCUT2D eigenvalue weighted by molar-refractivity contribution is -0.384. The number of fused-ring (bicyclic) bond motifs is 2. The highest BCUT2D eigenvalue weighted by molar-refractivity contribution is 7.18. The first kappa shape index (κ1) is 23.1. The molecule has 1 aromatic carbocycles. The van der Waals surface area contributed by atoms with Crippen LogP contribution < -0.4 is 0 Å². The topological polar surface area (TPSA) is 148 Å². The van der Waals surface area contributed by atoms with Gasteiger partial charge in [0.1, 0.15) is 23.5 Å². The number of nitro benzene ring substituents is 1. The lowest BCUT2D eigenvalue weighted by atomic mass is 9.77. The average molecular weight is 499 g/mol. The Kier molecular flexibility index (Phi) is 5.66. The van der Waals surface area contributed by atoms with Gasteiger partial charge in [0, 0.05) is 23.6 Å². The molecule has 2 N–H and O–H groups in total. The number of hydrogen-bond acceptors (Lipinski definition) is 9. The Bertz CT molecular complexity index is 1370. The van der Waals surface area contributed by atoms with Gasteiger partial charge in [-0.05, 0) is 24.6 Å². The third-order valence-electron chi connectivity index (χ3n) is 6.64. The van der Waals surface area contributed by atoms with E-state index in [-0.39, 0.29) is 36.4 Å². The van der Waals surface area contributed by atoms with Crippen molar-refractivity contribution in [2.24, 2.45) is 11.8 Å². The Hall–Kier alpha value is -3.61. The van der Waals surface area contributed by atoms with Gasteiger partial charge in [0.15, 0.2) is 0 Å². The van der Waals surface area contributed by atoms with Crippen LogP contribution in [0.1, 0.15) is 30.0 Å². The Balaban J connectivity index is 1.53. The van der Waals surface area contributed by atoms with Crippen molar-refractivity contribution in [3.05, 3.63) is 68.7 Å². The number of carbonyl (C=O) groups excluding carboxylic acids is 2. The molecule has 5 rings (SSSR count). The van der Waals surface area contributed by atoms with E-state index >= 15 is 0 Å². The van der Waals surface area contributed by atoms with E-state index in [1.165, 1.54) is 40.5 Å². The molecule has 1 amide bonds. The minimum absolute atomic E-state index is 0.0759. The van der Waals surface area contributed by atoms with Crippen LogP contribution in [0.15, 0.2) is 42.5 Å². The van der Waals surface area contributed by atoms with E-state index in [4.69, 9.17) is 4.74 Å². The average Bonchev–Trinajstić information content (AvgIpc) is 3.47. The molecule has 11 nitrogen and oxygen atoms in total. The Morgan fingerprint density at radius 3 is 2.69 bits per heavy atom. The summed E-state index contributed by atoms with van der Waals surface area (Å²) in [7, 11) is 0. The third kappa shape index (κ3) is 3.52. The minimum atomic E-state index is -0.886. The Labute approximate surface area is 203 Å². The maximum atomic E-state index is 13.4. The molecule has 0 radical (unpaired) electrons. The highest BCUT2D eigenvalue weighted by Gasteiger charge is 2.60. The Morgan fingerprint density at radius 2 is 2.06 bits per heavy atom.